The summed E-state index contributed by atoms with van der Waals surface area (Å²) in [5.74, 6) is 0.397. The lowest BCUT2D eigenvalue weighted by atomic mass is 9.91. The second-order valence-corrected chi connectivity index (χ2v) is 5.98. The molecule has 0 spiro atoms. The van der Waals surface area contributed by atoms with Crippen LogP contribution in [0.4, 0.5) is 0 Å². The van der Waals surface area contributed by atoms with E-state index in [0.29, 0.717) is 17.0 Å². The maximum absolute atomic E-state index is 12.3. The predicted molar refractivity (Wildman–Crippen MR) is 83.2 cm³/mol. The zero-order valence-corrected chi connectivity index (χ0v) is 13.3. The molecule has 2 heterocycles. The molecular weight excluding hydrogens is 296 g/mol. The average molecular weight is 316 g/mol. The highest BCUT2D eigenvalue weighted by Crippen LogP contribution is 2.27. The summed E-state index contributed by atoms with van der Waals surface area (Å²) in [4.78, 5) is 24.2. The number of nitrogens with one attached hydrogen (secondary N) is 1. The molecule has 1 N–H and O–H groups in total. The number of hydrogen-bond donors (Lipinski definition) is 1. The molecule has 23 heavy (non-hydrogen) atoms. The van der Waals surface area contributed by atoms with E-state index in [0.717, 1.165) is 25.7 Å². The molecule has 2 aromatic heterocycles. The number of carbonyl (C=O) groups is 1. The molecule has 7 nitrogen and oxygen atoms in total. The molecule has 3 rings (SSSR count). The Hall–Kier alpha value is -2.44. The number of nitrogens with zero attached hydrogens (tertiary/aromatic N) is 3. The number of amides is 1. The summed E-state index contributed by atoms with van der Waals surface area (Å²) < 4.78 is 6.58. The first-order valence-corrected chi connectivity index (χ1v) is 7.84. The minimum atomic E-state index is -0.139. The van der Waals surface area contributed by atoms with Gasteiger partial charge in [-0.25, -0.2) is 4.68 Å². The molecule has 1 aliphatic carbocycles. The molecule has 0 unspecified atom stereocenters. The zero-order chi connectivity index (χ0) is 16.4. The summed E-state index contributed by atoms with van der Waals surface area (Å²) in [6, 6.07) is 3.38. The van der Waals surface area contributed by atoms with E-state index in [1.54, 1.807) is 30.8 Å². The number of aromatic nitrogens is 3. The molecule has 0 aromatic carbocycles. The molecule has 1 aliphatic rings. The van der Waals surface area contributed by atoms with Crippen molar-refractivity contribution in [3.05, 3.63) is 45.7 Å². The Balaban J connectivity index is 1.61. The van der Waals surface area contributed by atoms with Crippen molar-refractivity contribution in [1.29, 1.82) is 0 Å². The van der Waals surface area contributed by atoms with E-state index in [1.807, 2.05) is 0 Å². The number of hydrogen-bond acceptors (Lipinski definition) is 5. The van der Waals surface area contributed by atoms with Gasteiger partial charge in [-0.1, -0.05) is 5.16 Å². The highest BCUT2D eigenvalue weighted by Gasteiger charge is 2.26. The zero-order valence-electron chi connectivity index (χ0n) is 13.3. The fourth-order valence-corrected chi connectivity index (χ4v) is 3.17. The molecular formula is C16H20N4O3. The second kappa shape index (κ2) is 6.36. The minimum absolute atomic E-state index is 0.0734. The lowest BCUT2D eigenvalue weighted by Gasteiger charge is -2.29. The standard InChI is InChI=1S/C16H20N4O3/c1-10-15(11(2)23-19-10)16(22)18-12-5-7-13(8-6-12)20-14(21)4-3-9-17-20/h3-4,9,12-13H,5-8H2,1-2H3,(H,18,22). The van der Waals surface area contributed by atoms with Crippen molar-refractivity contribution in [3.63, 3.8) is 0 Å². The Morgan fingerprint density at radius 2 is 2.04 bits per heavy atom. The molecule has 0 atom stereocenters. The van der Waals surface area contributed by atoms with Crippen LogP contribution in [-0.2, 0) is 0 Å². The summed E-state index contributed by atoms with van der Waals surface area (Å²) in [7, 11) is 0. The molecule has 0 aliphatic heterocycles. The smallest absolute Gasteiger partial charge is 0.266 e. The van der Waals surface area contributed by atoms with Gasteiger partial charge in [0.15, 0.2) is 0 Å². The molecule has 1 saturated carbocycles. The molecule has 0 saturated heterocycles. The summed E-state index contributed by atoms with van der Waals surface area (Å²) in [5.41, 5.74) is 1.05. The van der Waals surface area contributed by atoms with E-state index in [1.165, 1.54) is 6.07 Å². The summed E-state index contributed by atoms with van der Waals surface area (Å²) >= 11 is 0. The van der Waals surface area contributed by atoms with Gasteiger partial charge in [0.1, 0.15) is 11.3 Å². The van der Waals surface area contributed by atoms with E-state index >= 15 is 0 Å². The highest BCUT2D eigenvalue weighted by atomic mass is 16.5. The van der Waals surface area contributed by atoms with Crippen LogP contribution in [0.1, 0.15) is 53.5 Å². The van der Waals surface area contributed by atoms with Crippen molar-refractivity contribution >= 4 is 5.91 Å². The normalized spacial score (nSPS) is 21.1. The van der Waals surface area contributed by atoms with Gasteiger partial charge in [-0.2, -0.15) is 5.10 Å². The van der Waals surface area contributed by atoms with Crippen LogP contribution in [-0.4, -0.2) is 26.9 Å². The Bertz CT molecular complexity index is 737. The van der Waals surface area contributed by atoms with Crippen molar-refractivity contribution in [2.24, 2.45) is 0 Å². The van der Waals surface area contributed by atoms with Gasteiger partial charge in [-0.15, -0.1) is 0 Å². The maximum Gasteiger partial charge on any atom is 0.266 e. The molecule has 0 bridgehead atoms. The van der Waals surface area contributed by atoms with E-state index in [4.69, 9.17) is 4.52 Å². The van der Waals surface area contributed by atoms with Gasteiger partial charge in [0.05, 0.1) is 11.7 Å². The fourth-order valence-electron chi connectivity index (χ4n) is 3.17. The predicted octanol–water partition coefficient (Wildman–Crippen LogP) is 1.76. The maximum atomic E-state index is 12.3. The van der Waals surface area contributed by atoms with Crippen molar-refractivity contribution < 1.29 is 9.32 Å². The van der Waals surface area contributed by atoms with Crippen LogP contribution in [0, 0.1) is 13.8 Å². The first-order valence-electron chi connectivity index (χ1n) is 7.84. The van der Waals surface area contributed by atoms with Crippen molar-refractivity contribution in [2.45, 2.75) is 51.6 Å². The minimum Gasteiger partial charge on any atom is -0.361 e. The van der Waals surface area contributed by atoms with Crippen LogP contribution < -0.4 is 10.9 Å². The molecule has 2 aromatic rings. The van der Waals surface area contributed by atoms with Gasteiger partial charge in [-0.3, -0.25) is 9.59 Å². The Kier molecular flexibility index (Phi) is 4.27. The van der Waals surface area contributed by atoms with Crippen LogP contribution in [0.3, 0.4) is 0 Å². The molecule has 7 heteroatoms. The van der Waals surface area contributed by atoms with Crippen LogP contribution >= 0.6 is 0 Å². The number of rotatable bonds is 3. The summed E-state index contributed by atoms with van der Waals surface area (Å²) in [6.07, 6.45) is 4.92. The lowest BCUT2D eigenvalue weighted by Crippen LogP contribution is -2.39. The van der Waals surface area contributed by atoms with Gasteiger partial charge in [0.25, 0.3) is 11.5 Å². The van der Waals surface area contributed by atoms with Crippen LogP contribution in [0.2, 0.25) is 0 Å². The lowest BCUT2D eigenvalue weighted by molar-refractivity contribution is 0.0919. The van der Waals surface area contributed by atoms with Gasteiger partial charge < -0.3 is 9.84 Å². The molecule has 1 fully saturated rings. The second-order valence-electron chi connectivity index (χ2n) is 5.98. The summed E-state index contributed by atoms with van der Waals surface area (Å²) in [5, 5.41) is 11.0. The van der Waals surface area contributed by atoms with E-state index in [9.17, 15) is 9.59 Å². The van der Waals surface area contributed by atoms with Crippen molar-refractivity contribution in [2.75, 3.05) is 0 Å². The third kappa shape index (κ3) is 3.18. The molecule has 0 radical (unpaired) electrons. The molecule has 1 amide bonds. The van der Waals surface area contributed by atoms with Crippen LogP contribution in [0.25, 0.3) is 0 Å². The first-order chi connectivity index (χ1) is 11.1. The average Bonchev–Trinajstić information content (AvgIpc) is 2.88. The van der Waals surface area contributed by atoms with Crippen LogP contribution in [0.15, 0.2) is 27.6 Å². The van der Waals surface area contributed by atoms with E-state index < -0.39 is 0 Å². The van der Waals surface area contributed by atoms with E-state index in [2.05, 4.69) is 15.6 Å². The van der Waals surface area contributed by atoms with Gasteiger partial charge >= 0.3 is 0 Å². The fraction of sp³-hybridized carbons (Fsp3) is 0.500. The van der Waals surface area contributed by atoms with Crippen LogP contribution in [0.5, 0.6) is 0 Å². The van der Waals surface area contributed by atoms with E-state index in [-0.39, 0.29) is 23.6 Å². The highest BCUT2D eigenvalue weighted by molar-refractivity contribution is 5.96. The van der Waals surface area contributed by atoms with Gasteiger partial charge in [0.2, 0.25) is 0 Å². The third-order valence-electron chi connectivity index (χ3n) is 4.38. The monoisotopic (exact) mass is 316 g/mol. The topological polar surface area (TPSA) is 90.0 Å². The number of aryl methyl sites for hydroxylation is 2. The van der Waals surface area contributed by atoms with Crippen molar-refractivity contribution in [1.82, 2.24) is 20.3 Å². The Morgan fingerprint density at radius 1 is 1.30 bits per heavy atom. The van der Waals surface area contributed by atoms with Gasteiger partial charge in [-0.05, 0) is 45.6 Å². The summed E-state index contributed by atoms with van der Waals surface area (Å²) in [6.45, 7) is 3.50. The van der Waals surface area contributed by atoms with Gasteiger partial charge in [0, 0.05) is 18.3 Å². The third-order valence-corrected chi connectivity index (χ3v) is 4.38. The Labute approximate surface area is 133 Å². The molecule has 122 valence electrons. The SMILES string of the molecule is Cc1noc(C)c1C(=O)NC1CCC(n2ncccc2=O)CC1. The first kappa shape index (κ1) is 15.5. The Morgan fingerprint density at radius 3 is 2.65 bits per heavy atom. The largest absolute Gasteiger partial charge is 0.361 e. The quantitative estimate of drug-likeness (QED) is 0.932. The number of carbonyl (C=O) groups excluding carboxylic acids is 1. The van der Waals surface area contributed by atoms with Crippen molar-refractivity contribution in [3.8, 4) is 0 Å².